The van der Waals surface area contributed by atoms with Crippen molar-refractivity contribution in [3.63, 3.8) is 0 Å². The van der Waals surface area contributed by atoms with Gasteiger partial charge in [0.25, 0.3) is 5.91 Å². The van der Waals surface area contributed by atoms with Crippen LogP contribution in [0.2, 0.25) is 0 Å². The van der Waals surface area contributed by atoms with Gasteiger partial charge in [-0.2, -0.15) is 0 Å². The molecule has 2 aromatic rings. The summed E-state index contributed by atoms with van der Waals surface area (Å²) in [4.78, 5) is 17.2. The number of hydrogen-bond donors (Lipinski definition) is 0. The molecule has 0 aliphatic carbocycles. The Bertz CT molecular complexity index is 762. The summed E-state index contributed by atoms with van der Waals surface area (Å²) in [5, 5.41) is 0. The lowest BCUT2D eigenvalue weighted by molar-refractivity contribution is 0.0953. The van der Waals surface area contributed by atoms with Crippen LogP contribution < -0.4 is 15.0 Å². The van der Waals surface area contributed by atoms with E-state index >= 15 is 0 Å². The maximum Gasteiger partial charge on any atom is 0.263 e. The number of ether oxygens (including phenoxy) is 2. The predicted molar refractivity (Wildman–Crippen MR) is 82.3 cm³/mol. The smallest absolute Gasteiger partial charge is 0.263 e. The quantitative estimate of drug-likeness (QED) is 0.854. The third-order valence-corrected chi connectivity index (χ3v) is 3.24. The van der Waals surface area contributed by atoms with Crippen LogP contribution in [0, 0.1) is 0 Å². The van der Waals surface area contributed by atoms with Crippen LogP contribution in [0.1, 0.15) is 24.2 Å². The van der Waals surface area contributed by atoms with E-state index in [-0.39, 0.29) is 11.9 Å². The molecule has 1 aromatic carbocycles. The number of nitrogens with zero attached hydrogens (tertiary/aromatic N) is 2. The van der Waals surface area contributed by atoms with Crippen LogP contribution in [-0.4, -0.2) is 29.7 Å². The van der Waals surface area contributed by atoms with E-state index in [9.17, 15) is 4.79 Å². The number of aromatic nitrogens is 1. The molecule has 1 aromatic heterocycles. The third kappa shape index (κ3) is 2.88. The van der Waals surface area contributed by atoms with Gasteiger partial charge in [0.15, 0.2) is 11.5 Å². The average molecular weight is 298 g/mol. The molecule has 3 rings (SSSR count). The van der Waals surface area contributed by atoms with E-state index < -0.39 is 0 Å². The van der Waals surface area contributed by atoms with Gasteiger partial charge in [-0.1, -0.05) is 6.07 Å². The standard InChI is InChI=1S/C17H18N2O3/c1-12(2)18-16-5-3-4-8-19(16)17(20)13-6-7-14-15(11-13)22-10-9-21-14/h3-8,11-12H,9-10H2,1-2H3. The van der Waals surface area contributed by atoms with Gasteiger partial charge in [0.05, 0.1) is 0 Å². The van der Waals surface area contributed by atoms with Crippen molar-refractivity contribution in [2.75, 3.05) is 13.2 Å². The summed E-state index contributed by atoms with van der Waals surface area (Å²) in [5.41, 5.74) is 1.18. The van der Waals surface area contributed by atoms with Crippen molar-refractivity contribution in [2.24, 2.45) is 4.99 Å². The summed E-state index contributed by atoms with van der Waals surface area (Å²) in [6.45, 7) is 4.99. The summed E-state index contributed by atoms with van der Waals surface area (Å²) in [5.74, 6) is 1.14. The number of fused-ring (bicyclic) bond motifs is 1. The molecule has 0 bridgehead atoms. The van der Waals surface area contributed by atoms with Crippen LogP contribution in [0.25, 0.3) is 0 Å². The second-order valence-corrected chi connectivity index (χ2v) is 5.32. The first-order valence-electron chi connectivity index (χ1n) is 7.31. The zero-order chi connectivity index (χ0) is 15.5. The van der Waals surface area contributed by atoms with Crippen molar-refractivity contribution in [2.45, 2.75) is 19.9 Å². The predicted octanol–water partition coefficient (Wildman–Crippen LogP) is 2.26. The van der Waals surface area contributed by atoms with Gasteiger partial charge in [-0.05, 0) is 44.2 Å². The number of carbonyl (C=O) groups excluding carboxylic acids is 1. The molecule has 0 saturated heterocycles. The van der Waals surface area contributed by atoms with E-state index in [0.29, 0.717) is 35.8 Å². The Morgan fingerprint density at radius 2 is 1.91 bits per heavy atom. The molecule has 0 N–H and O–H groups in total. The van der Waals surface area contributed by atoms with Gasteiger partial charge < -0.3 is 9.47 Å². The van der Waals surface area contributed by atoms with Crippen molar-refractivity contribution in [3.05, 3.63) is 53.6 Å². The molecular formula is C17H18N2O3. The Hall–Kier alpha value is -2.56. The second-order valence-electron chi connectivity index (χ2n) is 5.32. The first-order chi connectivity index (χ1) is 10.6. The van der Waals surface area contributed by atoms with Crippen molar-refractivity contribution in [3.8, 4) is 11.5 Å². The van der Waals surface area contributed by atoms with Gasteiger partial charge in [-0.3, -0.25) is 14.4 Å². The first kappa shape index (κ1) is 14.4. The molecule has 0 atom stereocenters. The van der Waals surface area contributed by atoms with E-state index in [1.807, 2.05) is 32.0 Å². The highest BCUT2D eigenvalue weighted by molar-refractivity contribution is 5.96. The SMILES string of the molecule is CC(C)N=c1ccccn1C(=O)c1ccc2c(c1)OCCO2. The molecule has 0 saturated carbocycles. The molecule has 0 unspecified atom stereocenters. The van der Waals surface area contributed by atoms with Gasteiger partial charge in [0, 0.05) is 17.8 Å². The van der Waals surface area contributed by atoms with Crippen molar-refractivity contribution < 1.29 is 14.3 Å². The number of hydrogen-bond acceptors (Lipinski definition) is 4. The van der Waals surface area contributed by atoms with Crippen LogP contribution >= 0.6 is 0 Å². The summed E-state index contributed by atoms with van der Waals surface area (Å²) < 4.78 is 12.6. The molecule has 1 aliphatic rings. The molecule has 22 heavy (non-hydrogen) atoms. The number of carbonyl (C=O) groups is 1. The maximum absolute atomic E-state index is 12.7. The summed E-state index contributed by atoms with van der Waals surface area (Å²) in [6.07, 6.45) is 1.72. The molecule has 0 radical (unpaired) electrons. The normalized spacial score (nSPS) is 14.2. The Balaban J connectivity index is 2.02. The van der Waals surface area contributed by atoms with Gasteiger partial charge >= 0.3 is 0 Å². The number of pyridine rings is 1. The largest absolute Gasteiger partial charge is 0.486 e. The highest BCUT2D eigenvalue weighted by atomic mass is 16.6. The molecule has 1 aliphatic heterocycles. The minimum atomic E-state index is -0.142. The molecule has 0 fully saturated rings. The molecule has 5 nitrogen and oxygen atoms in total. The average Bonchev–Trinajstić information content (AvgIpc) is 2.54. The van der Waals surface area contributed by atoms with Gasteiger partial charge in [0.2, 0.25) is 0 Å². The van der Waals surface area contributed by atoms with Gasteiger partial charge in [-0.15, -0.1) is 0 Å². The van der Waals surface area contributed by atoms with Gasteiger partial charge in [-0.25, -0.2) is 0 Å². The molecule has 0 spiro atoms. The fraction of sp³-hybridized carbons (Fsp3) is 0.294. The zero-order valence-electron chi connectivity index (χ0n) is 12.7. The van der Waals surface area contributed by atoms with Crippen LogP contribution in [-0.2, 0) is 0 Å². The first-order valence-corrected chi connectivity index (χ1v) is 7.31. The summed E-state index contributed by atoms with van der Waals surface area (Å²) >= 11 is 0. The molecular weight excluding hydrogens is 280 g/mol. The lowest BCUT2D eigenvalue weighted by Gasteiger charge is -2.18. The van der Waals surface area contributed by atoms with E-state index in [4.69, 9.17) is 9.47 Å². The van der Waals surface area contributed by atoms with Crippen molar-refractivity contribution in [1.82, 2.24) is 4.57 Å². The van der Waals surface area contributed by atoms with E-state index in [1.54, 1.807) is 29.0 Å². The molecule has 0 amide bonds. The molecule has 5 heteroatoms. The lowest BCUT2D eigenvalue weighted by Crippen LogP contribution is -2.28. The lowest BCUT2D eigenvalue weighted by atomic mass is 10.1. The second kappa shape index (κ2) is 6.05. The van der Waals surface area contributed by atoms with Crippen molar-refractivity contribution >= 4 is 5.91 Å². The van der Waals surface area contributed by atoms with Crippen LogP contribution in [0.15, 0.2) is 47.6 Å². The number of benzene rings is 1. The fourth-order valence-electron chi connectivity index (χ4n) is 2.29. The van der Waals surface area contributed by atoms with Gasteiger partial charge in [0.1, 0.15) is 18.7 Å². The molecule has 2 heterocycles. The Kier molecular flexibility index (Phi) is 3.96. The highest BCUT2D eigenvalue weighted by Gasteiger charge is 2.16. The summed E-state index contributed by atoms with van der Waals surface area (Å²) in [7, 11) is 0. The highest BCUT2D eigenvalue weighted by Crippen LogP contribution is 2.30. The monoisotopic (exact) mass is 298 g/mol. The van der Waals surface area contributed by atoms with Crippen molar-refractivity contribution in [1.29, 1.82) is 0 Å². The van der Waals surface area contributed by atoms with E-state index in [0.717, 1.165) is 0 Å². The minimum Gasteiger partial charge on any atom is -0.486 e. The minimum absolute atomic E-state index is 0.113. The zero-order valence-corrected chi connectivity index (χ0v) is 12.7. The fourth-order valence-corrected chi connectivity index (χ4v) is 2.29. The van der Waals surface area contributed by atoms with Crippen LogP contribution in [0.4, 0.5) is 0 Å². The van der Waals surface area contributed by atoms with Crippen LogP contribution in [0.3, 0.4) is 0 Å². The summed E-state index contributed by atoms with van der Waals surface area (Å²) in [6, 6.07) is 10.9. The van der Waals surface area contributed by atoms with E-state index in [1.165, 1.54) is 0 Å². The topological polar surface area (TPSA) is 52.8 Å². The Morgan fingerprint density at radius 3 is 2.68 bits per heavy atom. The number of rotatable bonds is 2. The Morgan fingerprint density at radius 1 is 1.14 bits per heavy atom. The van der Waals surface area contributed by atoms with E-state index in [2.05, 4.69) is 4.99 Å². The Labute approximate surface area is 128 Å². The maximum atomic E-state index is 12.7. The van der Waals surface area contributed by atoms with Crippen LogP contribution in [0.5, 0.6) is 11.5 Å². The molecule has 114 valence electrons. The third-order valence-electron chi connectivity index (χ3n) is 3.24.